The number of hydrogen-bond donors (Lipinski definition) is 0. The third-order valence-electron chi connectivity index (χ3n) is 2.27. The summed E-state index contributed by atoms with van der Waals surface area (Å²) >= 11 is 5.89. The molecule has 0 heterocycles. The molecule has 0 amide bonds. The lowest BCUT2D eigenvalue weighted by molar-refractivity contribution is 0.619. The molecule has 0 spiro atoms. The summed E-state index contributed by atoms with van der Waals surface area (Å²) in [5.41, 5.74) is 1.39. The largest absolute Gasteiger partial charge is 0.207 e. The van der Waals surface area contributed by atoms with E-state index in [1.807, 2.05) is 12.1 Å². The monoisotopic (exact) mass is 216 g/mol. The summed E-state index contributed by atoms with van der Waals surface area (Å²) in [5, 5.41) is 1.22. The molecule has 0 fully saturated rings. The standard InChI is InChI=1S/C10H14ClFSi/c1-8-6-9(4-5-10(8)12)13(2,3)7-11/h4-6H,7H2,1-3H3. The molecule has 0 bridgehead atoms. The highest BCUT2D eigenvalue weighted by atomic mass is 35.5. The molecule has 0 radical (unpaired) electrons. The topological polar surface area (TPSA) is 0 Å². The van der Waals surface area contributed by atoms with Gasteiger partial charge >= 0.3 is 0 Å². The Labute approximate surface area is 84.7 Å². The molecule has 0 nitrogen and oxygen atoms in total. The minimum atomic E-state index is -1.51. The summed E-state index contributed by atoms with van der Waals surface area (Å²) in [4.78, 5) is 0. The molecule has 13 heavy (non-hydrogen) atoms. The maximum Gasteiger partial charge on any atom is 0.126 e. The van der Waals surface area contributed by atoms with E-state index in [0.29, 0.717) is 11.1 Å². The zero-order chi connectivity index (χ0) is 10.1. The molecule has 0 aromatic heterocycles. The van der Waals surface area contributed by atoms with Gasteiger partial charge in [-0.15, -0.1) is 11.6 Å². The molecule has 0 aliphatic heterocycles. The van der Waals surface area contributed by atoms with Crippen molar-refractivity contribution in [2.75, 3.05) is 5.50 Å². The Hall–Kier alpha value is -0.343. The van der Waals surface area contributed by atoms with Crippen LogP contribution in [-0.4, -0.2) is 13.6 Å². The lowest BCUT2D eigenvalue weighted by atomic mass is 10.2. The molecular formula is C10H14ClFSi. The molecule has 0 aliphatic rings. The van der Waals surface area contributed by atoms with Crippen LogP contribution in [0.2, 0.25) is 13.1 Å². The summed E-state index contributed by atoms with van der Waals surface area (Å²) in [6.07, 6.45) is 0. The van der Waals surface area contributed by atoms with Crippen LogP contribution in [0.4, 0.5) is 4.39 Å². The fourth-order valence-electron chi connectivity index (χ4n) is 1.14. The number of aryl methyl sites for hydroxylation is 1. The Kier molecular flexibility index (Phi) is 3.14. The zero-order valence-corrected chi connectivity index (χ0v) is 9.95. The second-order valence-electron chi connectivity index (χ2n) is 3.98. The first-order valence-electron chi connectivity index (χ1n) is 4.30. The van der Waals surface area contributed by atoms with Crippen LogP contribution in [0.5, 0.6) is 0 Å². The fraction of sp³-hybridized carbons (Fsp3) is 0.400. The first kappa shape index (κ1) is 10.7. The molecule has 1 rings (SSSR count). The third-order valence-corrected chi connectivity index (χ3v) is 6.82. The number of rotatable bonds is 2. The molecule has 0 unspecified atom stereocenters. The van der Waals surface area contributed by atoms with Gasteiger partial charge in [-0.2, -0.15) is 0 Å². The first-order chi connectivity index (χ1) is 5.97. The summed E-state index contributed by atoms with van der Waals surface area (Å²) in [5.74, 6) is -0.136. The Morgan fingerprint density at radius 1 is 1.38 bits per heavy atom. The van der Waals surface area contributed by atoms with Crippen molar-refractivity contribution >= 4 is 24.9 Å². The van der Waals surface area contributed by atoms with Crippen LogP contribution >= 0.6 is 11.6 Å². The van der Waals surface area contributed by atoms with Gasteiger partial charge < -0.3 is 0 Å². The highest BCUT2D eigenvalue weighted by Gasteiger charge is 2.22. The van der Waals surface area contributed by atoms with Gasteiger partial charge in [0, 0.05) is 5.50 Å². The van der Waals surface area contributed by atoms with Crippen LogP contribution in [0.25, 0.3) is 0 Å². The van der Waals surface area contributed by atoms with Gasteiger partial charge in [-0.1, -0.05) is 30.4 Å². The predicted molar refractivity (Wildman–Crippen MR) is 59.0 cm³/mol. The molecular weight excluding hydrogens is 203 g/mol. The van der Waals surface area contributed by atoms with E-state index in [2.05, 4.69) is 13.1 Å². The highest BCUT2D eigenvalue weighted by Crippen LogP contribution is 2.09. The molecule has 0 aliphatic carbocycles. The first-order valence-corrected chi connectivity index (χ1v) is 8.04. The maximum absolute atomic E-state index is 13.0. The van der Waals surface area contributed by atoms with E-state index in [0.717, 1.165) is 0 Å². The van der Waals surface area contributed by atoms with Gasteiger partial charge in [0.1, 0.15) is 5.82 Å². The van der Waals surface area contributed by atoms with Gasteiger partial charge in [-0.25, -0.2) is 4.39 Å². The average molecular weight is 217 g/mol. The van der Waals surface area contributed by atoms with E-state index in [4.69, 9.17) is 11.6 Å². The molecule has 0 saturated heterocycles. The Bertz CT molecular complexity index is 310. The van der Waals surface area contributed by atoms with Crippen molar-refractivity contribution in [2.24, 2.45) is 0 Å². The van der Waals surface area contributed by atoms with Gasteiger partial charge in [0.25, 0.3) is 0 Å². The molecule has 0 N–H and O–H groups in total. The summed E-state index contributed by atoms with van der Waals surface area (Å²) in [6, 6.07) is 5.31. The van der Waals surface area contributed by atoms with Crippen molar-refractivity contribution in [3.05, 3.63) is 29.6 Å². The smallest absolute Gasteiger partial charge is 0.126 e. The number of halogens is 2. The van der Waals surface area contributed by atoms with E-state index in [1.165, 1.54) is 11.3 Å². The van der Waals surface area contributed by atoms with Crippen molar-refractivity contribution in [1.82, 2.24) is 0 Å². The van der Waals surface area contributed by atoms with Gasteiger partial charge in [0.15, 0.2) is 0 Å². The van der Waals surface area contributed by atoms with Gasteiger partial charge in [0.2, 0.25) is 0 Å². The third kappa shape index (κ3) is 2.32. The van der Waals surface area contributed by atoms with Crippen LogP contribution in [0, 0.1) is 12.7 Å². The highest BCUT2D eigenvalue weighted by molar-refractivity contribution is 6.94. The maximum atomic E-state index is 13.0. The second-order valence-corrected chi connectivity index (χ2v) is 9.40. The van der Waals surface area contributed by atoms with Crippen LogP contribution in [0.3, 0.4) is 0 Å². The van der Waals surface area contributed by atoms with Gasteiger partial charge in [-0.3, -0.25) is 0 Å². The van der Waals surface area contributed by atoms with E-state index >= 15 is 0 Å². The van der Waals surface area contributed by atoms with Crippen LogP contribution < -0.4 is 5.19 Å². The van der Waals surface area contributed by atoms with Crippen molar-refractivity contribution in [2.45, 2.75) is 20.0 Å². The van der Waals surface area contributed by atoms with Crippen molar-refractivity contribution in [3.8, 4) is 0 Å². The van der Waals surface area contributed by atoms with Crippen LogP contribution in [-0.2, 0) is 0 Å². The fourth-order valence-corrected chi connectivity index (χ4v) is 2.90. The Morgan fingerprint density at radius 3 is 2.46 bits per heavy atom. The van der Waals surface area contributed by atoms with Crippen molar-refractivity contribution in [1.29, 1.82) is 0 Å². The quantitative estimate of drug-likeness (QED) is 0.527. The summed E-state index contributed by atoms with van der Waals surface area (Å²) in [7, 11) is -1.51. The number of hydrogen-bond acceptors (Lipinski definition) is 0. The molecule has 3 heteroatoms. The van der Waals surface area contributed by atoms with Gasteiger partial charge in [0.05, 0.1) is 8.07 Å². The second kappa shape index (κ2) is 3.80. The molecule has 0 atom stereocenters. The average Bonchev–Trinajstić information content (AvgIpc) is 2.09. The minimum absolute atomic E-state index is 0.136. The molecule has 1 aromatic rings. The number of benzene rings is 1. The van der Waals surface area contributed by atoms with Gasteiger partial charge in [-0.05, 0) is 18.6 Å². The Balaban J connectivity index is 3.10. The van der Waals surface area contributed by atoms with E-state index in [9.17, 15) is 4.39 Å². The van der Waals surface area contributed by atoms with E-state index < -0.39 is 8.07 Å². The number of alkyl halides is 1. The SMILES string of the molecule is Cc1cc([Si](C)(C)CCl)ccc1F. The van der Waals surface area contributed by atoms with Crippen molar-refractivity contribution < 1.29 is 4.39 Å². The van der Waals surface area contributed by atoms with Crippen molar-refractivity contribution in [3.63, 3.8) is 0 Å². The Morgan fingerprint density at radius 2 is 2.00 bits per heavy atom. The summed E-state index contributed by atoms with van der Waals surface area (Å²) in [6.45, 7) is 6.16. The zero-order valence-electron chi connectivity index (χ0n) is 8.20. The van der Waals surface area contributed by atoms with Crippen LogP contribution in [0.1, 0.15) is 5.56 Å². The van der Waals surface area contributed by atoms with Crippen LogP contribution in [0.15, 0.2) is 18.2 Å². The molecule has 1 aromatic carbocycles. The minimum Gasteiger partial charge on any atom is -0.207 e. The lowest BCUT2D eigenvalue weighted by Crippen LogP contribution is -2.43. The molecule has 72 valence electrons. The van der Waals surface area contributed by atoms with E-state index in [-0.39, 0.29) is 5.82 Å². The van der Waals surface area contributed by atoms with E-state index in [1.54, 1.807) is 6.92 Å². The lowest BCUT2D eigenvalue weighted by Gasteiger charge is -2.19. The normalized spacial score (nSPS) is 11.8. The summed E-state index contributed by atoms with van der Waals surface area (Å²) < 4.78 is 13.0. The predicted octanol–water partition coefficient (Wildman–Crippen LogP) is 2.83. The molecule has 0 saturated carbocycles.